The number of nitrogens with two attached hydrogens (primary N) is 1. The van der Waals surface area contributed by atoms with Crippen LogP contribution in [-0.2, 0) is 0 Å². The van der Waals surface area contributed by atoms with Crippen LogP contribution in [0.4, 0.5) is 0 Å². The topological polar surface area (TPSA) is 58.3 Å². The van der Waals surface area contributed by atoms with E-state index >= 15 is 0 Å². The average Bonchev–Trinajstić information content (AvgIpc) is 2.12. The quantitative estimate of drug-likeness (QED) is 0.356. The first-order valence-corrected chi connectivity index (χ1v) is 3.21. The highest BCUT2D eigenvalue weighted by atomic mass is 16.3. The van der Waals surface area contributed by atoms with E-state index in [-0.39, 0.29) is 0 Å². The van der Waals surface area contributed by atoms with Crippen molar-refractivity contribution < 1.29 is 5.11 Å². The summed E-state index contributed by atoms with van der Waals surface area (Å²) in [4.78, 5) is 0. The third-order valence-corrected chi connectivity index (χ3v) is 1.49. The standard InChI is InChI=1S/C7H12N2O/c1-7(10)3-2-6(4-7)5-9-8/h2-3,5,9-10H,4,8H2,1H3/b6-5-. The molecule has 0 fully saturated rings. The summed E-state index contributed by atoms with van der Waals surface area (Å²) >= 11 is 0. The molecule has 56 valence electrons. The van der Waals surface area contributed by atoms with Gasteiger partial charge in [-0.2, -0.15) is 0 Å². The molecule has 0 aromatic carbocycles. The lowest BCUT2D eigenvalue weighted by Gasteiger charge is -2.11. The van der Waals surface area contributed by atoms with Gasteiger partial charge >= 0.3 is 0 Å². The van der Waals surface area contributed by atoms with Gasteiger partial charge in [-0.25, -0.2) is 0 Å². The molecule has 0 aromatic rings. The maximum Gasteiger partial charge on any atom is 0.0843 e. The fourth-order valence-corrected chi connectivity index (χ4v) is 1.02. The fourth-order valence-electron chi connectivity index (χ4n) is 1.02. The number of aliphatic hydroxyl groups is 1. The van der Waals surface area contributed by atoms with Crippen LogP contribution in [0.15, 0.2) is 23.9 Å². The summed E-state index contributed by atoms with van der Waals surface area (Å²) in [6.45, 7) is 1.76. The monoisotopic (exact) mass is 140 g/mol. The van der Waals surface area contributed by atoms with Gasteiger partial charge in [-0.15, -0.1) is 0 Å². The Labute approximate surface area is 60.2 Å². The van der Waals surface area contributed by atoms with E-state index in [1.807, 2.05) is 6.08 Å². The number of hydrogen-bond acceptors (Lipinski definition) is 3. The Morgan fingerprint density at radius 2 is 2.60 bits per heavy atom. The zero-order valence-electron chi connectivity index (χ0n) is 5.96. The highest BCUT2D eigenvalue weighted by Gasteiger charge is 2.22. The van der Waals surface area contributed by atoms with Crippen LogP contribution in [0.5, 0.6) is 0 Å². The largest absolute Gasteiger partial charge is 0.386 e. The first kappa shape index (κ1) is 7.31. The second-order valence-electron chi connectivity index (χ2n) is 2.75. The van der Waals surface area contributed by atoms with Gasteiger partial charge < -0.3 is 10.5 Å². The van der Waals surface area contributed by atoms with E-state index < -0.39 is 5.60 Å². The second kappa shape index (κ2) is 2.44. The van der Waals surface area contributed by atoms with Crippen LogP contribution in [0.25, 0.3) is 0 Å². The van der Waals surface area contributed by atoms with Crippen LogP contribution in [0, 0.1) is 0 Å². The zero-order chi connectivity index (χ0) is 7.61. The van der Waals surface area contributed by atoms with E-state index in [1.165, 1.54) is 0 Å². The predicted octanol–water partition coefficient (Wildman–Crippen LogP) is 0.0445. The van der Waals surface area contributed by atoms with Crippen LogP contribution in [-0.4, -0.2) is 10.7 Å². The molecule has 10 heavy (non-hydrogen) atoms. The minimum absolute atomic E-state index is 0.636. The number of nitrogens with one attached hydrogen (secondary N) is 1. The van der Waals surface area contributed by atoms with Gasteiger partial charge in [0.2, 0.25) is 0 Å². The number of hydrogen-bond donors (Lipinski definition) is 3. The number of hydrazine groups is 1. The van der Waals surface area contributed by atoms with Gasteiger partial charge in [-0.1, -0.05) is 12.2 Å². The molecule has 0 bridgehead atoms. The van der Waals surface area contributed by atoms with E-state index in [2.05, 4.69) is 5.43 Å². The van der Waals surface area contributed by atoms with Gasteiger partial charge in [0, 0.05) is 12.6 Å². The lowest BCUT2D eigenvalue weighted by atomic mass is 10.1. The molecule has 0 saturated carbocycles. The zero-order valence-corrected chi connectivity index (χ0v) is 5.96. The normalized spacial score (nSPS) is 35.3. The molecule has 0 aromatic heterocycles. The predicted molar refractivity (Wildman–Crippen MR) is 39.8 cm³/mol. The van der Waals surface area contributed by atoms with Crippen LogP contribution < -0.4 is 11.3 Å². The van der Waals surface area contributed by atoms with E-state index in [1.54, 1.807) is 19.2 Å². The molecule has 1 aliphatic rings. The molecule has 4 N–H and O–H groups in total. The minimum atomic E-state index is -0.678. The van der Waals surface area contributed by atoms with E-state index in [0.717, 1.165) is 5.57 Å². The van der Waals surface area contributed by atoms with Gasteiger partial charge in [0.05, 0.1) is 5.60 Å². The van der Waals surface area contributed by atoms with Crippen molar-refractivity contribution in [3.8, 4) is 0 Å². The highest BCUT2D eigenvalue weighted by Crippen LogP contribution is 2.25. The molecule has 0 spiro atoms. The van der Waals surface area contributed by atoms with Crippen molar-refractivity contribution in [3.05, 3.63) is 23.9 Å². The lowest BCUT2D eigenvalue weighted by Crippen LogP contribution is -2.18. The van der Waals surface area contributed by atoms with E-state index in [0.29, 0.717) is 6.42 Å². The average molecular weight is 140 g/mol. The first-order valence-electron chi connectivity index (χ1n) is 3.21. The summed E-state index contributed by atoms with van der Waals surface area (Å²) < 4.78 is 0. The molecular weight excluding hydrogens is 128 g/mol. The number of allylic oxidation sites excluding steroid dienone is 1. The Morgan fingerprint density at radius 1 is 1.90 bits per heavy atom. The minimum Gasteiger partial charge on any atom is -0.386 e. The van der Waals surface area contributed by atoms with Crippen molar-refractivity contribution in [1.29, 1.82) is 0 Å². The third-order valence-electron chi connectivity index (χ3n) is 1.49. The molecule has 0 amide bonds. The molecule has 0 radical (unpaired) electrons. The number of rotatable bonds is 1. The molecule has 1 rings (SSSR count). The Hall–Kier alpha value is -0.800. The maximum atomic E-state index is 9.40. The second-order valence-corrected chi connectivity index (χ2v) is 2.75. The third kappa shape index (κ3) is 1.59. The summed E-state index contributed by atoms with van der Waals surface area (Å²) in [5.41, 5.74) is 2.77. The fraction of sp³-hybridized carbons (Fsp3) is 0.429. The van der Waals surface area contributed by atoms with Gasteiger partial charge in [0.15, 0.2) is 0 Å². The molecule has 3 nitrogen and oxygen atoms in total. The smallest absolute Gasteiger partial charge is 0.0843 e. The van der Waals surface area contributed by atoms with Crippen molar-refractivity contribution in [2.45, 2.75) is 18.9 Å². The van der Waals surface area contributed by atoms with Gasteiger partial charge in [-0.05, 0) is 12.5 Å². The summed E-state index contributed by atoms with van der Waals surface area (Å²) in [5, 5.41) is 9.40. The van der Waals surface area contributed by atoms with Gasteiger partial charge in [0.1, 0.15) is 0 Å². The van der Waals surface area contributed by atoms with Crippen LogP contribution >= 0.6 is 0 Å². The molecule has 0 heterocycles. The Bertz CT molecular complexity index is 182. The van der Waals surface area contributed by atoms with Crippen LogP contribution in [0.2, 0.25) is 0 Å². The Balaban J connectivity index is 2.62. The van der Waals surface area contributed by atoms with Gasteiger partial charge in [-0.3, -0.25) is 5.84 Å². The summed E-state index contributed by atoms with van der Waals surface area (Å²) in [6, 6.07) is 0. The Morgan fingerprint density at radius 3 is 3.00 bits per heavy atom. The van der Waals surface area contributed by atoms with Crippen molar-refractivity contribution in [2.75, 3.05) is 0 Å². The van der Waals surface area contributed by atoms with Crippen molar-refractivity contribution in [1.82, 2.24) is 5.43 Å². The molecule has 0 saturated heterocycles. The maximum absolute atomic E-state index is 9.40. The molecule has 1 atom stereocenters. The molecular formula is C7H12N2O. The molecule has 1 unspecified atom stereocenters. The van der Waals surface area contributed by atoms with Crippen molar-refractivity contribution in [3.63, 3.8) is 0 Å². The SMILES string of the molecule is CC1(O)C=C/C(=C/NN)C1. The molecule has 1 aliphatic carbocycles. The summed E-state index contributed by atoms with van der Waals surface area (Å²) in [6.07, 6.45) is 5.94. The van der Waals surface area contributed by atoms with E-state index in [9.17, 15) is 5.11 Å². The Kier molecular flexibility index (Phi) is 1.78. The van der Waals surface area contributed by atoms with Gasteiger partial charge in [0.25, 0.3) is 0 Å². The molecule has 0 aliphatic heterocycles. The van der Waals surface area contributed by atoms with Crippen molar-refractivity contribution in [2.24, 2.45) is 5.84 Å². The van der Waals surface area contributed by atoms with E-state index in [4.69, 9.17) is 5.84 Å². The van der Waals surface area contributed by atoms with Crippen molar-refractivity contribution >= 4 is 0 Å². The highest BCUT2D eigenvalue weighted by molar-refractivity contribution is 5.30. The summed E-state index contributed by atoms with van der Waals surface area (Å²) in [7, 11) is 0. The first-order chi connectivity index (χ1) is 4.64. The molecule has 3 heteroatoms. The van der Waals surface area contributed by atoms with Crippen LogP contribution in [0.3, 0.4) is 0 Å². The lowest BCUT2D eigenvalue weighted by molar-refractivity contribution is 0.119. The summed E-state index contributed by atoms with van der Waals surface area (Å²) in [5.74, 6) is 5.06. The van der Waals surface area contributed by atoms with Crippen LogP contribution in [0.1, 0.15) is 13.3 Å².